The number of benzene rings is 2. The number of ether oxygens (including phenoxy) is 3. The smallest absolute Gasteiger partial charge is 0.229 e. The van der Waals surface area contributed by atoms with Gasteiger partial charge in [0.1, 0.15) is 41.1 Å². The van der Waals surface area contributed by atoms with Crippen molar-refractivity contribution >= 4 is 11.0 Å². The molecule has 0 bridgehead atoms. The highest BCUT2D eigenvalue weighted by Gasteiger charge is 2.45. The molecule has 0 spiro atoms. The Morgan fingerprint density at radius 1 is 1.03 bits per heavy atom. The molecule has 10 heteroatoms. The summed E-state index contributed by atoms with van der Waals surface area (Å²) in [5.74, 6) is -0.666. The molecule has 1 aromatic heterocycles. The van der Waals surface area contributed by atoms with Crippen LogP contribution in [0.15, 0.2) is 45.6 Å². The molecule has 1 aliphatic rings. The van der Waals surface area contributed by atoms with Crippen molar-refractivity contribution in [2.24, 2.45) is 0 Å². The number of methoxy groups -OCH3 is 1. The molecule has 33 heavy (non-hydrogen) atoms. The summed E-state index contributed by atoms with van der Waals surface area (Å²) in [5, 5.41) is 50.2. The molecule has 2 unspecified atom stereocenters. The quantitative estimate of drug-likeness (QED) is 0.366. The molecular weight excluding hydrogens is 436 g/mol. The third-order valence-corrected chi connectivity index (χ3v) is 5.54. The van der Waals surface area contributed by atoms with Gasteiger partial charge in [0.25, 0.3) is 0 Å². The van der Waals surface area contributed by atoms with Crippen molar-refractivity contribution in [3.05, 3.63) is 52.2 Å². The molecule has 3 aromatic rings. The first-order valence-corrected chi connectivity index (χ1v) is 10.2. The minimum Gasteiger partial charge on any atom is -0.504 e. The van der Waals surface area contributed by atoms with Crippen molar-refractivity contribution in [2.75, 3.05) is 13.7 Å². The summed E-state index contributed by atoms with van der Waals surface area (Å²) in [5.41, 5.74) is 1.14. The van der Waals surface area contributed by atoms with Crippen molar-refractivity contribution in [3.63, 3.8) is 0 Å². The SMILES string of the molecule is COc1c(O[C@@H]2OC(CO)[C@@H](O)[C@@H](O)C2O)cc2oc(-c3ccc(C)cc3)cc(=O)c2c1O. The van der Waals surface area contributed by atoms with Gasteiger partial charge in [0.2, 0.25) is 12.0 Å². The van der Waals surface area contributed by atoms with Crippen molar-refractivity contribution < 1.29 is 44.2 Å². The molecule has 5 N–H and O–H groups in total. The van der Waals surface area contributed by atoms with Crippen LogP contribution in [0.25, 0.3) is 22.3 Å². The highest BCUT2D eigenvalue weighted by atomic mass is 16.7. The van der Waals surface area contributed by atoms with Crippen LogP contribution in [0, 0.1) is 6.92 Å². The second-order valence-electron chi connectivity index (χ2n) is 7.79. The van der Waals surface area contributed by atoms with E-state index in [-0.39, 0.29) is 28.2 Å². The minimum absolute atomic E-state index is 0.0176. The van der Waals surface area contributed by atoms with E-state index in [1.165, 1.54) is 19.2 Å². The zero-order valence-corrected chi connectivity index (χ0v) is 17.8. The molecule has 1 fully saturated rings. The van der Waals surface area contributed by atoms with Gasteiger partial charge in [-0.2, -0.15) is 0 Å². The lowest BCUT2D eigenvalue weighted by atomic mass is 9.99. The third-order valence-electron chi connectivity index (χ3n) is 5.54. The van der Waals surface area contributed by atoms with Gasteiger partial charge < -0.3 is 44.2 Å². The van der Waals surface area contributed by atoms with Gasteiger partial charge in [-0.1, -0.05) is 29.8 Å². The highest BCUT2D eigenvalue weighted by Crippen LogP contribution is 2.43. The maximum absolute atomic E-state index is 12.8. The molecule has 2 heterocycles. The van der Waals surface area contributed by atoms with Gasteiger partial charge in [-0.05, 0) is 6.92 Å². The minimum atomic E-state index is -1.68. The summed E-state index contributed by atoms with van der Waals surface area (Å²) in [7, 11) is 1.24. The first kappa shape index (κ1) is 23.0. The summed E-state index contributed by atoms with van der Waals surface area (Å²) in [6.07, 6.45) is -7.63. The first-order chi connectivity index (χ1) is 15.7. The number of phenolic OH excluding ortho intramolecular Hbond substituents is 1. The second kappa shape index (κ2) is 9.00. The van der Waals surface area contributed by atoms with E-state index in [0.717, 1.165) is 5.56 Å². The van der Waals surface area contributed by atoms with E-state index in [9.17, 15) is 30.3 Å². The predicted octanol–water partition coefficient (Wildman–Crippen LogP) is 0.661. The number of aliphatic hydroxyl groups is 4. The Morgan fingerprint density at radius 2 is 1.73 bits per heavy atom. The first-order valence-electron chi connectivity index (χ1n) is 10.2. The van der Waals surface area contributed by atoms with Crippen molar-refractivity contribution in [3.8, 4) is 28.6 Å². The monoisotopic (exact) mass is 460 g/mol. The fourth-order valence-corrected chi connectivity index (χ4v) is 3.70. The Hall–Kier alpha value is -3.15. The second-order valence-corrected chi connectivity index (χ2v) is 7.79. The Labute approximate surface area is 187 Å². The van der Waals surface area contributed by atoms with Gasteiger partial charge in [-0.25, -0.2) is 0 Å². The highest BCUT2D eigenvalue weighted by molar-refractivity contribution is 5.89. The molecule has 0 radical (unpaired) electrons. The van der Waals surface area contributed by atoms with E-state index < -0.39 is 48.5 Å². The molecule has 2 aromatic carbocycles. The summed E-state index contributed by atoms with van der Waals surface area (Å²) in [6, 6.07) is 9.83. The number of hydrogen-bond donors (Lipinski definition) is 5. The summed E-state index contributed by atoms with van der Waals surface area (Å²) >= 11 is 0. The number of aryl methyl sites for hydroxylation is 1. The zero-order valence-electron chi connectivity index (χ0n) is 17.8. The summed E-state index contributed by atoms with van der Waals surface area (Å²) in [4.78, 5) is 12.8. The van der Waals surface area contributed by atoms with Gasteiger partial charge >= 0.3 is 0 Å². The largest absolute Gasteiger partial charge is 0.504 e. The van der Waals surface area contributed by atoms with Crippen LogP contribution in [0.2, 0.25) is 0 Å². The fourth-order valence-electron chi connectivity index (χ4n) is 3.70. The zero-order chi connectivity index (χ0) is 23.9. The lowest BCUT2D eigenvalue weighted by Gasteiger charge is -2.39. The standard InChI is InChI=1S/C23H24O10/c1-10-3-5-11(6-4-10)13-7-12(25)17-14(31-13)8-15(22(30-2)19(17)27)32-23-21(29)20(28)18(26)16(9-24)33-23/h3-8,16,18,20-21,23-24,26-29H,9H2,1-2H3/t16?,18-,20-,21?,23-/m1/s1. The van der Waals surface area contributed by atoms with Crippen LogP contribution < -0.4 is 14.9 Å². The lowest BCUT2D eigenvalue weighted by Crippen LogP contribution is -2.60. The third kappa shape index (κ3) is 4.14. The number of fused-ring (bicyclic) bond motifs is 1. The molecule has 176 valence electrons. The maximum Gasteiger partial charge on any atom is 0.229 e. The van der Waals surface area contributed by atoms with E-state index in [1.54, 1.807) is 12.1 Å². The van der Waals surface area contributed by atoms with E-state index >= 15 is 0 Å². The van der Waals surface area contributed by atoms with E-state index in [2.05, 4.69) is 0 Å². The number of hydrogen-bond acceptors (Lipinski definition) is 10. The molecule has 1 saturated heterocycles. The van der Waals surface area contributed by atoms with Crippen molar-refractivity contribution in [1.29, 1.82) is 0 Å². The van der Waals surface area contributed by atoms with Gasteiger partial charge in [0.05, 0.1) is 13.7 Å². The summed E-state index contributed by atoms with van der Waals surface area (Å²) < 4.78 is 22.0. The van der Waals surface area contributed by atoms with Gasteiger partial charge in [-0.3, -0.25) is 4.79 Å². The summed E-state index contributed by atoms with van der Waals surface area (Å²) in [6.45, 7) is 1.28. The average molecular weight is 460 g/mol. The van der Waals surface area contributed by atoms with E-state index in [0.29, 0.717) is 5.56 Å². The Bertz CT molecular complexity index is 1200. The number of rotatable bonds is 5. The Balaban J connectivity index is 1.79. The fraction of sp³-hybridized carbons (Fsp3) is 0.348. The molecule has 0 saturated carbocycles. The topological polar surface area (TPSA) is 159 Å². The molecule has 4 rings (SSSR count). The van der Waals surface area contributed by atoms with Crippen LogP contribution in [0.4, 0.5) is 0 Å². The van der Waals surface area contributed by atoms with Crippen molar-refractivity contribution in [1.82, 2.24) is 0 Å². The maximum atomic E-state index is 12.8. The van der Waals surface area contributed by atoms with Crippen molar-refractivity contribution in [2.45, 2.75) is 37.6 Å². The lowest BCUT2D eigenvalue weighted by molar-refractivity contribution is -0.277. The molecule has 1 aliphatic heterocycles. The molecular formula is C23H24O10. The Kier molecular flexibility index (Phi) is 6.28. The van der Waals surface area contributed by atoms with Gasteiger partial charge in [0.15, 0.2) is 16.9 Å². The molecule has 5 atom stereocenters. The molecule has 0 aliphatic carbocycles. The van der Waals surface area contributed by atoms with Crippen LogP contribution in [-0.4, -0.2) is 70.0 Å². The van der Waals surface area contributed by atoms with Crippen LogP contribution in [0.1, 0.15) is 5.56 Å². The van der Waals surface area contributed by atoms with Gasteiger partial charge in [0, 0.05) is 17.7 Å². The Morgan fingerprint density at radius 3 is 2.36 bits per heavy atom. The van der Waals surface area contributed by atoms with E-state index in [1.807, 2.05) is 19.1 Å². The number of aromatic hydroxyl groups is 1. The molecule has 0 amide bonds. The number of phenols is 1. The van der Waals surface area contributed by atoms with Crippen LogP contribution in [0.5, 0.6) is 17.2 Å². The van der Waals surface area contributed by atoms with Gasteiger partial charge in [-0.15, -0.1) is 0 Å². The number of aliphatic hydroxyl groups excluding tert-OH is 4. The van der Waals surface area contributed by atoms with E-state index in [4.69, 9.17) is 18.6 Å². The normalized spacial score (nSPS) is 25.2. The average Bonchev–Trinajstić information content (AvgIpc) is 2.79. The molecule has 10 nitrogen and oxygen atoms in total. The predicted molar refractivity (Wildman–Crippen MR) is 115 cm³/mol. The van der Waals surface area contributed by atoms with Crippen LogP contribution in [0.3, 0.4) is 0 Å². The van der Waals surface area contributed by atoms with Crippen LogP contribution in [-0.2, 0) is 4.74 Å². The van der Waals surface area contributed by atoms with Crippen LogP contribution >= 0.6 is 0 Å².